The van der Waals surface area contributed by atoms with Gasteiger partial charge in [-0.25, -0.2) is 13.8 Å². The van der Waals surface area contributed by atoms with E-state index in [-0.39, 0.29) is 12.3 Å². The normalized spacial score (nSPS) is 11.3. The predicted octanol–water partition coefficient (Wildman–Crippen LogP) is 3.40. The molecule has 10 nitrogen and oxygen atoms in total. The first-order chi connectivity index (χ1) is 16.6. The number of benzene rings is 3. The number of nitro groups is 1. The van der Waals surface area contributed by atoms with Crippen molar-refractivity contribution in [1.29, 1.82) is 0 Å². The first-order valence-electron chi connectivity index (χ1n) is 10.4. The fourth-order valence-corrected chi connectivity index (χ4v) is 3.91. The van der Waals surface area contributed by atoms with Gasteiger partial charge in [0.05, 0.1) is 23.1 Å². The van der Waals surface area contributed by atoms with Crippen molar-refractivity contribution in [2.45, 2.75) is 13.5 Å². The Balaban J connectivity index is 1.53. The quantitative estimate of drug-likeness (QED) is 0.260. The van der Waals surface area contributed by atoms with E-state index >= 15 is 0 Å². The van der Waals surface area contributed by atoms with Gasteiger partial charge in [0.15, 0.2) is 0 Å². The summed E-state index contributed by atoms with van der Waals surface area (Å²) < 4.78 is 31.0. The number of non-ortho nitro benzene ring substituents is 1. The average molecular weight is 497 g/mol. The first-order valence-corrected chi connectivity index (χ1v) is 12.3. The molecule has 35 heavy (non-hydrogen) atoms. The third-order valence-corrected chi connectivity index (χ3v) is 5.95. The molecule has 1 amide bonds. The van der Waals surface area contributed by atoms with Crippen molar-refractivity contribution < 1.29 is 22.9 Å². The lowest BCUT2D eigenvalue weighted by Gasteiger charge is -2.21. The number of aryl methyl sites for hydroxylation is 1. The molecular formula is C24H24N4O6S. The molecule has 0 heterocycles. The molecule has 0 spiro atoms. The molecule has 0 saturated carbocycles. The van der Waals surface area contributed by atoms with E-state index in [9.17, 15) is 23.3 Å². The number of sulfonamides is 1. The number of ether oxygens (including phenoxy) is 1. The Kier molecular flexibility index (Phi) is 8.16. The summed E-state index contributed by atoms with van der Waals surface area (Å²) in [4.78, 5) is 22.5. The van der Waals surface area contributed by atoms with Gasteiger partial charge >= 0.3 is 0 Å². The summed E-state index contributed by atoms with van der Waals surface area (Å²) in [5, 5.41) is 14.6. The molecule has 11 heteroatoms. The van der Waals surface area contributed by atoms with E-state index in [4.69, 9.17) is 4.74 Å². The summed E-state index contributed by atoms with van der Waals surface area (Å²) in [6, 6.07) is 19.9. The summed E-state index contributed by atoms with van der Waals surface area (Å²) in [6.07, 6.45) is 2.46. The van der Waals surface area contributed by atoms with Crippen molar-refractivity contribution in [1.82, 2.24) is 5.43 Å². The predicted molar refractivity (Wildman–Crippen MR) is 133 cm³/mol. The monoisotopic (exact) mass is 496 g/mol. The number of carbonyl (C=O) groups excluding carboxylic acids is 1. The number of carbonyl (C=O) groups is 1. The number of rotatable bonds is 10. The van der Waals surface area contributed by atoms with Crippen LogP contribution in [0.15, 0.2) is 77.9 Å². The van der Waals surface area contributed by atoms with Crippen molar-refractivity contribution in [2.75, 3.05) is 17.1 Å². The zero-order chi connectivity index (χ0) is 25.4. The summed E-state index contributed by atoms with van der Waals surface area (Å²) >= 11 is 0. The van der Waals surface area contributed by atoms with Gasteiger partial charge in [-0.1, -0.05) is 12.1 Å². The molecule has 0 fully saturated rings. The number of hydrogen-bond acceptors (Lipinski definition) is 7. The summed E-state index contributed by atoms with van der Waals surface area (Å²) in [5.41, 5.74) is 5.10. The van der Waals surface area contributed by atoms with Crippen LogP contribution in [0.1, 0.15) is 16.7 Å². The van der Waals surface area contributed by atoms with Crippen LogP contribution in [0.5, 0.6) is 5.75 Å². The highest BCUT2D eigenvalue weighted by Gasteiger charge is 2.20. The lowest BCUT2D eigenvalue weighted by molar-refractivity contribution is -0.384. The minimum atomic E-state index is -3.67. The Labute approximate surface area is 203 Å². The first kappa shape index (κ1) is 25.4. The van der Waals surface area contributed by atoms with E-state index in [1.807, 2.05) is 13.0 Å². The number of nitrogens with one attached hydrogen (secondary N) is 1. The molecule has 182 valence electrons. The smallest absolute Gasteiger partial charge is 0.269 e. The second kappa shape index (κ2) is 11.3. The lowest BCUT2D eigenvalue weighted by atomic mass is 10.2. The van der Waals surface area contributed by atoms with Gasteiger partial charge in [0.25, 0.3) is 11.6 Å². The van der Waals surface area contributed by atoms with Crippen molar-refractivity contribution in [3.05, 3.63) is 99.6 Å². The summed E-state index contributed by atoms with van der Waals surface area (Å²) in [5.74, 6) is 0.00252. The standard InChI is InChI=1S/C24H24N4O6S/c1-18-4-3-5-22(14-18)27(35(2,32)33)16-24(29)26-25-15-19-8-12-23(13-9-19)34-17-20-6-10-21(11-7-20)28(30)31/h3-15H,16-17H2,1-2H3,(H,26,29)/b25-15-. The maximum absolute atomic E-state index is 12.3. The highest BCUT2D eigenvalue weighted by Crippen LogP contribution is 2.19. The molecule has 1 N–H and O–H groups in total. The van der Waals surface area contributed by atoms with Crippen LogP contribution in [0, 0.1) is 17.0 Å². The van der Waals surface area contributed by atoms with Crippen LogP contribution in [-0.4, -0.2) is 38.3 Å². The Morgan fingerprint density at radius 2 is 1.80 bits per heavy atom. The minimum Gasteiger partial charge on any atom is -0.489 e. The highest BCUT2D eigenvalue weighted by atomic mass is 32.2. The number of hydrazone groups is 1. The van der Waals surface area contributed by atoms with Gasteiger partial charge in [0, 0.05) is 12.1 Å². The zero-order valence-corrected chi connectivity index (χ0v) is 19.9. The zero-order valence-electron chi connectivity index (χ0n) is 19.1. The van der Waals surface area contributed by atoms with Gasteiger partial charge in [0.1, 0.15) is 18.9 Å². The third-order valence-electron chi connectivity index (χ3n) is 4.81. The van der Waals surface area contributed by atoms with Crippen LogP contribution in [0.4, 0.5) is 11.4 Å². The number of nitro benzene ring substituents is 1. The van der Waals surface area contributed by atoms with Gasteiger partial charge in [-0.2, -0.15) is 5.10 Å². The molecule has 0 aliphatic heterocycles. The fraction of sp³-hybridized carbons (Fsp3) is 0.167. The van der Waals surface area contributed by atoms with Crippen molar-refractivity contribution in [3.8, 4) is 5.75 Å². The number of anilines is 1. The molecule has 0 radical (unpaired) electrons. The second-order valence-corrected chi connectivity index (χ2v) is 9.59. The van der Waals surface area contributed by atoms with Crippen LogP contribution in [-0.2, 0) is 21.4 Å². The molecule has 3 rings (SSSR count). The molecule has 3 aromatic rings. The van der Waals surface area contributed by atoms with Gasteiger partial charge in [-0.05, 0) is 72.1 Å². The van der Waals surface area contributed by atoms with Crippen molar-refractivity contribution >= 4 is 33.5 Å². The average Bonchev–Trinajstić information content (AvgIpc) is 2.81. The molecular weight excluding hydrogens is 472 g/mol. The minimum absolute atomic E-state index is 0.0173. The molecule has 0 aliphatic carbocycles. The Hall–Kier alpha value is -4.25. The fourth-order valence-electron chi connectivity index (χ4n) is 3.06. The molecule has 0 bridgehead atoms. The van der Waals surface area contributed by atoms with Gasteiger partial charge in [-0.15, -0.1) is 0 Å². The molecule has 0 atom stereocenters. The summed E-state index contributed by atoms with van der Waals surface area (Å²) in [7, 11) is -3.67. The van der Waals surface area contributed by atoms with Gasteiger partial charge < -0.3 is 4.74 Å². The van der Waals surface area contributed by atoms with E-state index in [0.717, 1.165) is 21.7 Å². The van der Waals surface area contributed by atoms with Gasteiger partial charge in [0.2, 0.25) is 10.0 Å². The Morgan fingerprint density at radius 1 is 1.11 bits per heavy atom. The third kappa shape index (κ3) is 7.64. The SMILES string of the molecule is Cc1cccc(N(CC(=O)N/N=C\c2ccc(OCc3ccc([N+](=O)[O-])cc3)cc2)S(C)(=O)=O)c1. The molecule has 0 saturated heterocycles. The largest absolute Gasteiger partial charge is 0.489 e. The molecule has 0 aromatic heterocycles. The molecule has 3 aromatic carbocycles. The van der Waals surface area contributed by atoms with E-state index in [1.165, 1.54) is 18.3 Å². The maximum atomic E-state index is 12.3. The van der Waals surface area contributed by atoms with E-state index in [1.54, 1.807) is 54.6 Å². The van der Waals surface area contributed by atoms with Crippen LogP contribution in [0.3, 0.4) is 0 Å². The molecule has 0 aliphatic rings. The Morgan fingerprint density at radius 3 is 2.40 bits per heavy atom. The van der Waals surface area contributed by atoms with Crippen LogP contribution >= 0.6 is 0 Å². The topological polar surface area (TPSA) is 131 Å². The van der Waals surface area contributed by atoms with Crippen LogP contribution < -0.4 is 14.5 Å². The van der Waals surface area contributed by atoms with Crippen LogP contribution in [0.2, 0.25) is 0 Å². The van der Waals surface area contributed by atoms with Crippen LogP contribution in [0.25, 0.3) is 0 Å². The van der Waals surface area contributed by atoms with Crippen molar-refractivity contribution in [2.24, 2.45) is 5.10 Å². The van der Waals surface area contributed by atoms with E-state index in [2.05, 4.69) is 10.5 Å². The Bertz CT molecular complexity index is 1320. The van der Waals surface area contributed by atoms with E-state index < -0.39 is 27.4 Å². The van der Waals surface area contributed by atoms with Gasteiger partial charge in [-0.3, -0.25) is 19.2 Å². The number of amides is 1. The summed E-state index contributed by atoms with van der Waals surface area (Å²) in [6.45, 7) is 1.68. The maximum Gasteiger partial charge on any atom is 0.269 e. The molecule has 0 unspecified atom stereocenters. The second-order valence-electron chi connectivity index (χ2n) is 7.68. The number of hydrogen-bond donors (Lipinski definition) is 1. The highest BCUT2D eigenvalue weighted by molar-refractivity contribution is 7.92. The van der Waals surface area contributed by atoms with Crippen molar-refractivity contribution in [3.63, 3.8) is 0 Å². The van der Waals surface area contributed by atoms with E-state index in [0.29, 0.717) is 17.0 Å². The lowest BCUT2D eigenvalue weighted by Crippen LogP contribution is -2.39. The number of nitrogens with zero attached hydrogens (tertiary/aromatic N) is 3.